The maximum atomic E-state index is 13.2. The predicted octanol–water partition coefficient (Wildman–Crippen LogP) is -0.0344. The molecule has 5 N–H and O–H groups in total. The number of aliphatic carboxylic acids is 1. The summed E-state index contributed by atoms with van der Waals surface area (Å²) in [4.78, 5) is 61.9. The minimum Gasteiger partial charge on any atom is -0.477 e. The Hall–Kier alpha value is -3.32. The van der Waals surface area contributed by atoms with Crippen molar-refractivity contribution in [2.24, 2.45) is 5.73 Å². The van der Waals surface area contributed by atoms with E-state index in [1.165, 1.54) is 14.0 Å². The van der Waals surface area contributed by atoms with Gasteiger partial charge >= 0.3 is 18.0 Å². The Bertz CT molecular complexity index is 1010. The fourth-order valence-corrected chi connectivity index (χ4v) is 5.39. The Morgan fingerprint density at radius 1 is 1.35 bits per heavy atom. The number of methoxy groups -OCH3 is 1. The molecule has 12 nitrogen and oxygen atoms in total. The molecule has 1 fully saturated rings. The second-order valence-corrected chi connectivity index (χ2v) is 8.91. The summed E-state index contributed by atoms with van der Waals surface area (Å²) in [7, 11) is 1.22. The van der Waals surface area contributed by atoms with Crippen molar-refractivity contribution in [3.63, 3.8) is 0 Å². The molecule has 4 amide bonds. The van der Waals surface area contributed by atoms with Crippen LogP contribution in [0.5, 0.6) is 0 Å². The Kier molecular flexibility index (Phi) is 7.67. The number of nitrogens with zero attached hydrogens (tertiary/aromatic N) is 1. The minimum absolute atomic E-state index is 0.131. The van der Waals surface area contributed by atoms with Gasteiger partial charge in [0.15, 0.2) is 0 Å². The number of hydrogen-bond acceptors (Lipinski definition) is 8. The van der Waals surface area contributed by atoms with Gasteiger partial charge < -0.3 is 30.9 Å². The van der Waals surface area contributed by atoms with E-state index in [-0.39, 0.29) is 30.1 Å². The van der Waals surface area contributed by atoms with Crippen molar-refractivity contribution >= 4 is 41.5 Å². The number of fused-ring (bicyclic) bond motifs is 1. The number of amides is 4. The third-order valence-electron chi connectivity index (χ3n) is 5.58. The molecule has 3 atom stereocenters. The quantitative estimate of drug-likeness (QED) is 0.148. The molecular formula is C21H26N4O8S. The molecule has 1 saturated heterocycles. The lowest BCUT2D eigenvalue weighted by molar-refractivity contribution is -0.193. The summed E-state index contributed by atoms with van der Waals surface area (Å²) >= 11 is 1.15. The molecule has 0 aromatic heterocycles. The number of thioether (sulfide) groups is 1. The molecule has 0 aromatic rings. The van der Waals surface area contributed by atoms with Crippen molar-refractivity contribution in [1.82, 2.24) is 15.5 Å². The van der Waals surface area contributed by atoms with Gasteiger partial charge in [-0.25, -0.2) is 9.59 Å². The second kappa shape index (κ2) is 10.3. The summed E-state index contributed by atoms with van der Waals surface area (Å²) in [5.74, 6) is -3.32. The number of ether oxygens (including phenoxy) is 2. The number of nitrogens with two attached hydrogens (primary N) is 1. The molecule has 2 aliphatic heterocycles. The summed E-state index contributed by atoms with van der Waals surface area (Å²) in [5, 5.41) is 13.8. The summed E-state index contributed by atoms with van der Waals surface area (Å²) in [6.07, 6.45) is 7.37. The number of carboxylic acids is 1. The Labute approximate surface area is 199 Å². The molecule has 0 saturated carbocycles. The fourth-order valence-electron chi connectivity index (χ4n) is 3.97. The molecule has 2 heterocycles. The van der Waals surface area contributed by atoms with Crippen LogP contribution >= 0.6 is 11.8 Å². The molecule has 3 rings (SSSR count). The third kappa shape index (κ3) is 4.94. The maximum absolute atomic E-state index is 13.2. The first-order chi connectivity index (χ1) is 16.1. The zero-order valence-electron chi connectivity index (χ0n) is 18.7. The lowest BCUT2D eigenvalue weighted by atomic mass is 9.95. The third-order valence-corrected chi connectivity index (χ3v) is 6.96. The molecule has 3 aliphatic rings. The number of carbonyl (C=O) groups excluding carboxylic acids is 4. The Balaban J connectivity index is 1.82. The number of β-lactam (4-membered cyclic amide) rings is 1. The van der Waals surface area contributed by atoms with Gasteiger partial charge in [-0.3, -0.25) is 19.3 Å². The molecule has 0 aromatic carbocycles. The van der Waals surface area contributed by atoms with Crippen LogP contribution in [0.15, 0.2) is 35.1 Å². The van der Waals surface area contributed by atoms with Crippen molar-refractivity contribution in [1.29, 1.82) is 0 Å². The molecule has 0 radical (unpaired) electrons. The second-order valence-electron chi connectivity index (χ2n) is 7.84. The number of primary amides is 1. The number of urea groups is 1. The average Bonchev–Trinajstić information content (AvgIpc) is 2.79. The first kappa shape index (κ1) is 25.3. The molecule has 34 heavy (non-hydrogen) atoms. The van der Waals surface area contributed by atoms with Gasteiger partial charge in [0.2, 0.25) is 5.91 Å². The normalized spacial score (nSPS) is 24.4. The van der Waals surface area contributed by atoms with Crippen LogP contribution in [0.1, 0.15) is 26.2 Å². The van der Waals surface area contributed by atoms with Crippen molar-refractivity contribution in [3.8, 4) is 0 Å². The van der Waals surface area contributed by atoms with E-state index in [0.29, 0.717) is 12.8 Å². The molecule has 184 valence electrons. The monoisotopic (exact) mass is 494 g/mol. The van der Waals surface area contributed by atoms with Crippen LogP contribution in [0.2, 0.25) is 0 Å². The first-order valence-electron chi connectivity index (χ1n) is 10.4. The van der Waals surface area contributed by atoms with E-state index < -0.39 is 46.9 Å². The fraction of sp³-hybridized carbons (Fsp3) is 0.476. The number of allylic oxidation sites excluding steroid dienone is 3. The topological polar surface area (TPSA) is 177 Å². The van der Waals surface area contributed by atoms with Crippen molar-refractivity contribution < 1.29 is 38.6 Å². The minimum atomic E-state index is -1.84. The van der Waals surface area contributed by atoms with Gasteiger partial charge in [-0.2, -0.15) is 0 Å². The summed E-state index contributed by atoms with van der Waals surface area (Å²) in [5.41, 5.74) is 4.26. The van der Waals surface area contributed by atoms with Crippen LogP contribution in [-0.4, -0.2) is 76.4 Å². The molecule has 1 aliphatic carbocycles. The zero-order valence-corrected chi connectivity index (χ0v) is 19.5. The SMILES string of the molecule is COC1(NC(=O)C(CC2=CCC=CC2)NC(N)=O)C(=O)N2C(C(=O)O)=C(COC(C)=O)CS[C@@H]21. The van der Waals surface area contributed by atoms with Crippen LogP contribution in [-0.2, 0) is 28.7 Å². The number of nitrogens with one attached hydrogen (secondary N) is 2. The molecule has 13 heteroatoms. The number of hydrogen-bond donors (Lipinski definition) is 4. The smallest absolute Gasteiger partial charge is 0.352 e. The van der Waals surface area contributed by atoms with Gasteiger partial charge in [-0.05, 0) is 19.3 Å². The summed E-state index contributed by atoms with van der Waals surface area (Å²) in [6, 6.07) is -1.97. The van der Waals surface area contributed by atoms with E-state index in [9.17, 15) is 29.1 Å². The van der Waals surface area contributed by atoms with E-state index in [2.05, 4.69) is 10.6 Å². The van der Waals surface area contributed by atoms with Gasteiger partial charge in [-0.1, -0.05) is 23.8 Å². The lowest BCUT2D eigenvalue weighted by Gasteiger charge is -2.56. The van der Waals surface area contributed by atoms with Gasteiger partial charge in [-0.15, -0.1) is 11.8 Å². The van der Waals surface area contributed by atoms with E-state index in [1.807, 2.05) is 18.2 Å². The van der Waals surface area contributed by atoms with Gasteiger partial charge in [0, 0.05) is 25.4 Å². The highest BCUT2D eigenvalue weighted by atomic mass is 32.2. The highest BCUT2D eigenvalue weighted by Gasteiger charge is 2.67. The van der Waals surface area contributed by atoms with Crippen LogP contribution in [0.25, 0.3) is 0 Å². The van der Waals surface area contributed by atoms with Crippen molar-refractivity contribution in [2.45, 2.75) is 43.3 Å². The highest BCUT2D eigenvalue weighted by Crippen LogP contribution is 2.46. The zero-order chi connectivity index (χ0) is 25.0. The van der Waals surface area contributed by atoms with E-state index in [0.717, 1.165) is 22.2 Å². The predicted molar refractivity (Wildman–Crippen MR) is 120 cm³/mol. The van der Waals surface area contributed by atoms with Gasteiger partial charge in [0.1, 0.15) is 23.7 Å². The first-order valence-corrected chi connectivity index (χ1v) is 11.5. The highest BCUT2D eigenvalue weighted by molar-refractivity contribution is 8.00. The van der Waals surface area contributed by atoms with Gasteiger partial charge in [0.25, 0.3) is 11.6 Å². The Morgan fingerprint density at radius 2 is 2.09 bits per heavy atom. The summed E-state index contributed by atoms with van der Waals surface area (Å²) < 4.78 is 10.3. The van der Waals surface area contributed by atoms with E-state index in [1.54, 1.807) is 0 Å². The average molecular weight is 495 g/mol. The van der Waals surface area contributed by atoms with Crippen molar-refractivity contribution in [2.75, 3.05) is 19.5 Å². The van der Waals surface area contributed by atoms with Crippen LogP contribution in [0, 0.1) is 0 Å². The Morgan fingerprint density at radius 3 is 2.65 bits per heavy atom. The van der Waals surface area contributed by atoms with Crippen LogP contribution in [0.4, 0.5) is 4.79 Å². The standard InChI is InChI=1S/C21H26N4O8S/c1-11(26)33-9-13-10-34-19-21(32-2,18(30)25(19)15(13)17(28)29)24-16(27)14(23-20(22)31)8-12-6-4-3-5-7-12/h3-4,7,14,19H,5-6,8-10H2,1-2H3,(H,24,27)(H,28,29)(H3,22,23,31)/t14?,19-,21?/m1/s1. The number of rotatable bonds is 9. The molecule has 0 bridgehead atoms. The molecule has 0 spiro atoms. The summed E-state index contributed by atoms with van der Waals surface area (Å²) in [6.45, 7) is 0.914. The number of esters is 1. The molecular weight excluding hydrogens is 468 g/mol. The van der Waals surface area contributed by atoms with Gasteiger partial charge in [0.05, 0.1) is 0 Å². The maximum Gasteiger partial charge on any atom is 0.352 e. The lowest BCUT2D eigenvalue weighted by Crippen LogP contribution is -2.81. The molecule has 2 unspecified atom stereocenters. The van der Waals surface area contributed by atoms with E-state index >= 15 is 0 Å². The number of carbonyl (C=O) groups is 5. The number of carboxylic acid groups (broad SMARTS) is 1. The van der Waals surface area contributed by atoms with Crippen molar-refractivity contribution in [3.05, 3.63) is 35.1 Å². The van der Waals surface area contributed by atoms with Crippen LogP contribution in [0.3, 0.4) is 0 Å². The van der Waals surface area contributed by atoms with E-state index in [4.69, 9.17) is 15.2 Å². The van der Waals surface area contributed by atoms with Crippen LogP contribution < -0.4 is 16.4 Å². The largest absolute Gasteiger partial charge is 0.477 e.